The van der Waals surface area contributed by atoms with E-state index in [0.29, 0.717) is 16.8 Å². The summed E-state index contributed by atoms with van der Waals surface area (Å²) in [6.07, 6.45) is 2.24. The Balaban J connectivity index is 0.000000246. The van der Waals surface area contributed by atoms with Crippen molar-refractivity contribution in [3.63, 3.8) is 0 Å². The fourth-order valence-corrected chi connectivity index (χ4v) is 2.00. The Labute approximate surface area is 128 Å². The summed E-state index contributed by atoms with van der Waals surface area (Å²) in [5.74, 6) is -0.850. The van der Waals surface area contributed by atoms with E-state index in [1.54, 1.807) is 24.3 Å². The van der Waals surface area contributed by atoms with Crippen LogP contribution in [-0.4, -0.2) is 35.2 Å². The molecule has 5 nitrogen and oxygen atoms in total. The van der Waals surface area contributed by atoms with Crippen LogP contribution in [0.4, 0.5) is 4.39 Å². The van der Waals surface area contributed by atoms with Gasteiger partial charge in [0, 0.05) is 18.3 Å². The molecule has 0 radical (unpaired) electrons. The molecule has 2 heterocycles. The lowest BCUT2D eigenvalue weighted by molar-refractivity contribution is 0.1000. The van der Waals surface area contributed by atoms with Gasteiger partial charge in [0.05, 0.1) is 17.4 Å². The van der Waals surface area contributed by atoms with Gasteiger partial charge >= 0.3 is 0 Å². The number of carbonyl (C=O) groups excluding carboxylic acids is 1. The number of hydrogen-bond donors (Lipinski definition) is 3. The van der Waals surface area contributed by atoms with Crippen LogP contribution in [0.15, 0.2) is 42.6 Å². The maximum absolute atomic E-state index is 13.0. The number of halogens is 1. The van der Waals surface area contributed by atoms with E-state index in [-0.39, 0.29) is 11.9 Å². The number of hydrogen-bond acceptors (Lipinski definition) is 4. The van der Waals surface area contributed by atoms with Crippen molar-refractivity contribution in [2.45, 2.75) is 12.5 Å². The lowest BCUT2D eigenvalue weighted by Crippen LogP contribution is -2.11. The molecule has 1 aromatic carbocycles. The Hall–Kier alpha value is -2.31. The molecular weight excluding hydrogens is 285 g/mol. The standard InChI is InChI=1S/C12H9FN2O.C4H9NO/c13-10-3-1-2-8(6-10)11-5-4-9(7-15-11)12(14)16;6-4-1-2-5-3-4/h1-7H,(H2,14,16);4-6H,1-3H2. The smallest absolute Gasteiger partial charge is 0.250 e. The molecule has 1 atom stereocenters. The molecule has 1 fully saturated rings. The van der Waals surface area contributed by atoms with E-state index < -0.39 is 5.91 Å². The maximum Gasteiger partial charge on any atom is 0.250 e. The first kappa shape index (κ1) is 16.1. The molecule has 0 spiro atoms. The van der Waals surface area contributed by atoms with E-state index in [4.69, 9.17) is 10.8 Å². The van der Waals surface area contributed by atoms with Crippen LogP contribution in [0.25, 0.3) is 11.3 Å². The number of nitrogens with two attached hydrogens (primary N) is 1. The Morgan fingerprint density at radius 3 is 2.64 bits per heavy atom. The zero-order chi connectivity index (χ0) is 15.9. The molecule has 1 aromatic heterocycles. The fraction of sp³-hybridized carbons (Fsp3) is 0.250. The van der Waals surface area contributed by atoms with Gasteiger partial charge in [-0.25, -0.2) is 4.39 Å². The number of nitrogens with one attached hydrogen (secondary N) is 1. The third-order valence-corrected chi connectivity index (χ3v) is 3.20. The topological polar surface area (TPSA) is 88.2 Å². The zero-order valence-electron chi connectivity index (χ0n) is 12.0. The highest BCUT2D eigenvalue weighted by molar-refractivity contribution is 5.92. The van der Waals surface area contributed by atoms with Crippen molar-refractivity contribution in [3.05, 3.63) is 54.0 Å². The number of aromatic nitrogens is 1. The maximum atomic E-state index is 13.0. The van der Waals surface area contributed by atoms with E-state index >= 15 is 0 Å². The van der Waals surface area contributed by atoms with Crippen molar-refractivity contribution in [1.29, 1.82) is 0 Å². The molecule has 0 aliphatic carbocycles. The van der Waals surface area contributed by atoms with Crippen molar-refractivity contribution in [3.8, 4) is 11.3 Å². The predicted octanol–water partition coefficient (Wildman–Crippen LogP) is 1.33. The summed E-state index contributed by atoms with van der Waals surface area (Å²) < 4.78 is 13.0. The number of amides is 1. The minimum Gasteiger partial charge on any atom is -0.392 e. The molecule has 3 rings (SSSR count). The Morgan fingerprint density at radius 1 is 1.36 bits per heavy atom. The minimum absolute atomic E-state index is 0.0648. The van der Waals surface area contributed by atoms with Gasteiger partial charge in [-0.3, -0.25) is 9.78 Å². The fourth-order valence-electron chi connectivity index (χ4n) is 2.00. The van der Waals surface area contributed by atoms with Gasteiger partial charge < -0.3 is 16.2 Å². The number of benzene rings is 1. The molecule has 0 saturated carbocycles. The molecule has 1 saturated heterocycles. The molecule has 2 aromatic rings. The summed E-state index contributed by atoms with van der Waals surface area (Å²) in [6, 6.07) is 9.29. The molecule has 1 amide bonds. The summed E-state index contributed by atoms with van der Waals surface area (Å²) in [4.78, 5) is 14.9. The van der Waals surface area contributed by atoms with Crippen molar-refractivity contribution in [1.82, 2.24) is 10.3 Å². The molecule has 116 valence electrons. The third kappa shape index (κ3) is 4.61. The summed E-state index contributed by atoms with van der Waals surface area (Å²) in [7, 11) is 0. The van der Waals surface area contributed by atoms with Crippen LogP contribution in [0.2, 0.25) is 0 Å². The van der Waals surface area contributed by atoms with Gasteiger partial charge in [-0.15, -0.1) is 0 Å². The van der Waals surface area contributed by atoms with E-state index in [0.717, 1.165) is 19.5 Å². The highest BCUT2D eigenvalue weighted by Gasteiger charge is 2.08. The number of primary amides is 1. The number of β-amino-alcohol motifs (C(OH)–C–C–N with tert-alkyl or cyclic N) is 1. The molecule has 4 N–H and O–H groups in total. The van der Waals surface area contributed by atoms with Gasteiger partial charge in [-0.05, 0) is 37.2 Å². The number of carbonyl (C=O) groups is 1. The van der Waals surface area contributed by atoms with E-state index in [2.05, 4.69) is 10.3 Å². The first-order valence-corrected chi connectivity index (χ1v) is 6.97. The van der Waals surface area contributed by atoms with Crippen molar-refractivity contribution < 1.29 is 14.3 Å². The van der Waals surface area contributed by atoms with Gasteiger partial charge in [0.2, 0.25) is 5.91 Å². The molecule has 1 unspecified atom stereocenters. The van der Waals surface area contributed by atoms with Crippen molar-refractivity contribution in [2.75, 3.05) is 13.1 Å². The molecule has 6 heteroatoms. The van der Waals surface area contributed by atoms with E-state index in [1.807, 2.05) is 0 Å². The third-order valence-electron chi connectivity index (χ3n) is 3.20. The zero-order valence-corrected chi connectivity index (χ0v) is 12.0. The molecule has 1 aliphatic heterocycles. The average Bonchev–Trinajstić information content (AvgIpc) is 2.99. The van der Waals surface area contributed by atoms with Gasteiger partial charge in [-0.1, -0.05) is 12.1 Å². The van der Waals surface area contributed by atoms with Gasteiger partial charge in [0.1, 0.15) is 5.82 Å². The number of pyridine rings is 1. The molecule has 22 heavy (non-hydrogen) atoms. The van der Waals surface area contributed by atoms with Gasteiger partial charge in [0.25, 0.3) is 0 Å². The van der Waals surface area contributed by atoms with Crippen LogP contribution in [-0.2, 0) is 0 Å². The molecular formula is C16H18FN3O2. The largest absolute Gasteiger partial charge is 0.392 e. The van der Waals surface area contributed by atoms with Crippen molar-refractivity contribution in [2.24, 2.45) is 5.73 Å². The molecule has 0 bridgehead atoms. The van der Waals surface area contributed by atoms with Gasteiger partial charge in [0.15, 0.2) is 0 Å². The summed E-state index contributed by atoms with van der Waals surface area (Å²) >= 11 is 0. The van der Waals surface area contributed by atoms with Crippen LogP contribution in [0, 0.1) is 5.82 Å². The first-order chi connectivity index (χ1) is 10.6. The Kier molecular flexibility index (Phi) is 5.57. The number of nitrogens with zero attached hydrogens (tertiary/aromatic N) is 1. The Morgan fingerprint density at radius 2 is 2.18 bits per heavy atom. The van der Waals surface area contributed by atoms with Crippen molar-refractivity contribution >= 4 is 5.91 Å². The summed E-state index contributed by atoms with van der Waals surface area (Å²) in [5.41, 5.74) is 6.69. The second-order valence-corrected chi connectivity index (χ2v) is 4.95. The van der Waals surface area contributed by atoms with Gasteiger partial charge in [-0.2, -0.15) is 0 Å². The summed E-state index contributed by atoms with van der Waals surface area (Å²) in [6.45, 7) is 1.78. The van der Waals surface area contributed by atoms with Crippen LogP contribution >= 0.6 is 0 Å². The normalized spacial score (nSPS) is 16.7. The quantitative estimate of drug-likeness (QED) is 0.781. The summed E-state index contributed by atoms with van der Waals surface area (Å²) in [5, 5.41) is 11.7. The van der Waals surface area contributed by atoms with Crippen LogP contribution in [0.1, 0.15) is 16.8 Å². The lowest BCUT2D eigenvalue weighted by Gasteiger charge is -2.01. The van der Waals surface area contributed by atoms with Crippen LogP contribution < -0.4 is 11.1 Å². The Bertz CT molecular complexity index is 626. The molecule has 1 aliphatic rings. The lowest BCUT2D eigenvalue weighted by atomic mass is 10.1. The average molecular weight is 303 g/mol. The predicted molar refractivity (Wildman–Crippen MR) is 81.6 cm³/mol. The minimum atomic E-state index is -0.529. The number of aliphatic hydroxyl groups excluding tert-OH is 1. The van der Waals surface area contributed by atoms with E-state index in [1.165, 1.54) is 18.3 Å². The SMILES string of the molecule is NC(=O)c1ccc(-c2cccc(F)c2)nc1.OC1CCNC1. The second-order valence-electron chi connectivity index (χ2n) is 4.95. The monoisotopic (exact) mass is 303 g/mol. The number of aliphatic hydroxyl groups is 1. The van der Waals surface area contributed by atoms with Crippen LogP contribution in [0.5, 0.6) is 0 Å². The van der Waals surface area contributed by atoms with E-state index in [9.17, 15) is 9.18 Å². The highest BCUT2D eigenvalue weighted by Crippen LogP contribution is 2.17. The van der Waals surface area contributed by atoms with Crippen LogP contribution in [0.3, 0.4) is 0 Å². The number of rotatable bonds is 2. The second kappa shape index (κ2) is 7.63. The first-order valence-electron chi connectivity index (χ1n) is 6.97. The highest BCUT2D eigenvalue weighted by atomic mass is 19.1.